The van der Waals surface area contributed by atoms with Crippen molar-refractivity contribution in [3.8, 4) is 0 Å². The van der Waals surface area contributed by atoms with Gasteiger partial charge in [-0.25, -0.2) is 0 Å². The van der Waals surface area contributed by atoms with Crippen molar-refractivity contribution in [1.82, 2.24) is 0 Å². The number of hydrogen-bond donors (Lipinski definition) is 0. The highest BCUT2D eigenvalue weighted by atomic mass is 16.6. The third-order valence-electron chi connectivity index (χ3n) is 1.90. The molecule has 0 heterocycles. The Kier molecular flexibility index (Phi) is 5.90. The smallest absolute Gasteiger partial charge is 0.106 e. The topological polar surface area (TPSA) is 21.6 Å². The van der Waals surface area contributed by atoms with Crippen molar-refractivity contribution in [2.75, 3.05) is 7.11 Å². The van der Waals surface area contributed by atoms with Crippen LogP contribution < -0.4 is 0 Å². The van der Waals surface area contributed by atoms with E-state index in [1.165, 1.54) is 5.71 Å². The molecule has 0 unspecified atom stereocenters. The molecule has 11 heavy (non-hydrogen) atoms. The van der Waals surface area contributed by atoms with Crippen LogP contribution in [0.25, 0.3) is 0 Å². The maximum absolute atomic E-state index is 4.77. The van der Waals surface area contributed by atoms with Crippen molar-refractivity contribution in [2.45, 2.75) is 40.0 Å². The first-order valence-electron chi connectivity index (χ1n) is 4.36. The average molecular weight is 157 g/mol. The summed E-state index contributed by atoms with van der Waals surface area (Å²) in [5, 5.41) is 4.00. The van der Waals surface area contributed by atoms with Gasteiger partial charge in [0.15, 0.2) is 0 Å². The van der Waals surface area contributed by atoms with Crippen LogP contribution in [0.3, 0.4) is 0 Å². The lowest BCUT2D eigenvalue weighted by molar-refractivity contribution is 0.210. The molecule has 0 amide bonds. The van der Waals surface area contributed by atoms with Crippen LogP contribution in [0.4, 0.5) is 0 Å². The maximum atomic E-state index is 4.77. The Hall–Kier alpha value is -0.530. The first kappa shape index (κ1) is 10.5. The van der Waals surface area contributed by atoms with Gasteiger partial charge in [0.25, 0.3) is 0 Å². The third-order valence-corrected chi connectivity index (χ3v) is 1.90. The number of rotatable bonds is 5. The van der Waals surface area contributed by atoms with Crippen molar-refractivity contribution in [1.29, 1.82) is 0 Å². The Balaban J connectivity index is 3.97. The van der Waals surface area contributed by atoms with Crippen molar-refractivity contribution in [3.05, 3.63) is 0 Å². The van der Waals surface area contributed by atoms with Gasteiger partial charge in [-0.3, -0.25) is 0 Å². The Bertz CT molecular complexity index is 121. The van der Waals surface area contributed by atoms with Gasteiger partial charge in [0.1, 0.15) is 7.11 Å². The van der Waals surface area contributed by atoms with Crippen molar-refractivity contribution >= 4 is 5.71 Å². The van der Waals surface area contributed by atoms with Crippen LogP contribution in [0, 0.1) is 5.92 Å². The zero-order valence-corrected chi connectivity index (χ0v) is 8.05. The van der Waals surface area contributed by atoms with Crippen molar-refractivity contribution in [2.24, 2.45) is 11.1 Å². The summed E-state index contributed by atoms with van der Waals surface area (Å²) in [6.07, 6.45) is 3.34. The van der Waals surface area contributed by atoms with Crippen LogP contribution in [-0.4, -0.2) is 12.8 Å². The lowest BCUT2D eigenvalue weighted by Crippen LogP contribution is -2.10. The molecule has 0 aromatic carbocycles. The largest absolute Gasteiger partial charge is 0.399 e. The molecule has 0 aliphatic carbocycles. The number of hydrogen-bond acceptors (Lipinski definition) is 2. The van der Waals surface area contributed by atoms with E-state index in [2.05, 4.69) is 25.9 Å². The first-order chi connectivity index (χ1) is 5.26. The highest BCUT2D eigenvalue weighted by Crippen LogP contribution is 2.09. The average Bonchev–Trinajstić information content (AvgIpc) is 2.03. The molecule has 2 heteroatoms. The van der Waals surface area contributed by atoms with Gasteiger partial charge >= 0.3 is 0 Å². The summed E-state index contributed by atoms with van der Waals surface area (Å²) in [4.78, 5) is 4.77. The van der Waals surface area contributed by atoms with E-state index in [0.29, 0.717) is 5.92 Å². The molecule has 0 radical (unpaired) electrons. The summed E-state index contributed by atoms with van der Waals surface area (Å²) in [6.45, 7) is 6.52. The highest BCUT2D eigenvalue weighted by molar-refractivity contribution is 5.85. The predicted molar refractivity (Wildman–Crippen MR) is 48.8 cm³/mol. The minimum Gasteiger partial charge on any atom is -0.399 e. The van der Waals surface area contributed by atoms with Crippen LogP contribution in [0.2, 0.25) is 0 Å². The van der Waals surface area contributed by atoms with Gasteiger partial charge in [0.2, 0.25) is 0 Å². The quantitative estimate of drug-likeness (QED) is 0.444. The predicted octanol–water partition coefficient (Wildman–Crippen LogP) is 2.84. The molecule has 0 aromatic rings. The Morgan fingerprint density at radius 1 is 1.45 bits per heavy atom. The van der Waals surface area contributed by atoms with E-state index in [1.54, 1.807) is 7.11 Å². The van der Waals surface area contributed by atoms with Crippen LogP contribution in [0.5, 0.6) is 0 Å². The van der Waals surface area contributed by atoms with Gasteiger partial charge in [0.05, 0.1) is 5.71 Å². The van der Waals surface area contributed by atoms with Crippen LogP contribution in [-0.2, 0) is 4.84 Å². The van der Waals surface area contributed by atoms with Gasteiger partial charge in [-0.2, -0.15) is 0 Å². The van der Waals surface area contributed by atoms with E-state index < -0.39 is 0 Å². The van der Waals surface area contributed by atoms with Gasteiger partial charge < -0.3 is 4.84 Å². The lowest BCUT2D eigenvalue weighted by atomic mass is 9.99. The van der Waals surface area contributed by atoms with Gasteiger partial charge in [-0.05, 0) is 18.8 Å². The summed E-state index contributed by atoms with van der Waals surface area (Å²) >= 11 is 0. The zero-order chi connectivity index (χ0) is 8.69. The van der Waals surface area contributed by atoms with Crippen molar-refractivity contribution < 1.29 is 4.84 Å². The van der Waals surface area contributed by atoms with E-state index >= 15 is 0 Å². The number of nitrogens with zero attached hydrogens (tertiary/aromatic N) is 1. The van der Waals surface area contributed by atoms with Crippen LogP contribution in [0.1, 0.15) is 40.0 Å². The highest BCUT2D eigenvalue weighted by Gasteiger charge is 2.07. The van der Waals surface area contributed by atoms with E-state index in [4.69, 9.17) is 4.84 Å². The fourth-order valence-electron chi connectivity index (χ4n) is 0.991. The molecule has 0 spiro atoms. The van der Waals surface area contributed by atoms with E-state index in [9.17, 15) is 0 Å². The summed E-state index contributed by atoms with van der Waals surface area (Å²) in [5.74, 6) is 0.565. The second kappa shape index (κ2) is 6.20. The standard InChI is InChI=1S/C9H19NO/c1-5-7-9(10-11-4)8(3)6-2/h8H,5-7H2,1-4H3/b10-9-/t8-/m0/s1. The fourth-order valence-corrected chi connectivity index (χ4v) is 0.991. The molecular formula is C9H19NO. The van der Waals surface area contributed by atoms with E-state index in [0.717, 1.165) is 19.3 Å². The van der Waals surface area contributed by atoms with E-state index in [-0.39, 0.29) is 0 Å². The summed E-state index contributed by atoms with van der Waals surface area (Å²) < 4.78 is 0. The second-order valence-corrected chi connectivity index (χ2v) is 2.82. The van der Waals surface area contributed by atoms with Crippen LogP contribution >= 0.6 is 0 Å². The molecule has 0 rings (SSSR count). The zero-order valence-electron chi connectivity index (χ0n) is 8.05. The molecule has 0 bridgehead atoms. The molecular weight excluding hydrogens is 138 g/mol. The molecule has 1 atom stereocenters. The molecule has 0 saturated heterocycles. The Morgan fingerprint density at radius 3 is 2.45 bits per heavy atom. The molecule has 0 aromatic heterocycles. The summed E-state index contributed by atoms with van der Waals surface area (Å²) in [7, 11) is 1.61. The van der Waals surface area contributed by atoms with Crippen molar-refractivity contribution in [3.63, 3.8) is 0 Å². The molecule has 0 fully saturated rings. The van der Waals surface area contributed by atoms with Gasteiger partial charge in [-0.15, -0.1) is 0 Å². The molecule has 0 N–H and O–H groups in total. The molecule has 0 aliphatic heterocycles. The Morgan fingerprint density at radius 2 is 2.09 bits per heavy atom. The number of oxime groups is 1. The lowest BCUT2D eigenvalue weighted by Gasteiger charge is -2.09. The normalized spacial score (nSPS) is 14.7. The monoisotopic (exact) mass is 157 g/mol. The minimum atomic E-state index is 0.565. The molecule has 0 aliphatic rings. The van der Waals surface area contributed by atoms with E-state index in [1.807, 2.05) is 0 Å². The molecule has 2 nitrogen and oxygen atoms in total. The summed E-state index contributed by atoms with van der Waals surface area (Å²) in [6, 6.07) is 0. The fraction of sp³-hybridized carbons (Fsp3) is 0.889. The molecule has 0 saturated carbocycles. The van der Waals surface area contributed by atoms with Crippen LogP contribution in [0.15, 0.2) is 5.16 Å². The minimum absolute atomic E-state index is 0.565. The van der Waals surface area contributed by atoms with Gasteiger partial charge in [0, 0.05) is 0 Å². The first-order valence-corrected chi connectivity index (χ1v) is 4.36. The second-order valence-electron chi connectivity index (χ2n) is 2.82. The molecule has 66 valence electrons. The third kappa shape index (κ3) is 4.02. The Labute approximate surface area is 69.6 Å². The maximum Gasteiger partial charge on any atom is 0.106 e. The van der Waals surface area contributed by atoms with Gasteiger partial charge in [-0.1, -0.05) is 32.3 Å². The summed E-state index contributed by atoms with van der Waals surface area (Å²) in [5.41, 5.74) is 1.19. The SMILES string of the molecule is CCC/C(=N/OC)[C@@H](C)CC.